The van der Waals surface area contributed by atoms with Crippen LogP contribution in [0.4, 0.5) is 0 Å². The third-order valence-electron chi connectivity index (χ3n) is 5.30. The molecule has 1 saturated heterocycles. The zero-order valence-electron chi connectivity index (χ0n) is 15.0. The number of aliphatic imine (C=N–C) groups is 2. The van der Waals surface area contributed by atoms with Crippen molar-refractivity contribution < 1.29 is 5.11 Å². The minimum absolute atomic E-state index is 0.0995. The topological polar surface area (TPSA) is 72.8 Å². The Balaban J connectivity index is 1.65. The van der Waals surface area contributed by atoms with E-state index in [0.29, 0.717) is 6.42 Å². The molecule has 5 heteroatoms. The Kier molecular flexibility index (Phi) is 3.83. The number of aliphatic hydroxyl groups is 1. The molecular formula is C22H22N4O. The SMILES string of the molecule is OCCC12C=CC(=N1)/C=c1/cc/c([nH]1)=C/C1=NC(=C\C3CC/C(=C/2)N3)/C=C1. The maximum atomic E-state index is 9.59. The second kappa shape index (κ2) is 6.35. The summed E-state index contributed by atoms with van der Waals surface area (Å²) in [5, 5.41) is 15.2. The molecule has 0 radical (unpaired) electrons. The van der Waals surface area contributed by atoms with Crippen molar-refractivity contribution in [2.45, 2.75) is 30.8 Å². The lowest BCUT2D eigenvalue weighted by atomic mass is 9.95. The Labute approximate surface area is 157 Å². The van der Waals surface area contributed by atoms with E-state index in [1.165, 1.54) is 5.70 Å². The van der Waals surface area contributed by atoms with Crippen LogP contribution >= 0.6 is 0 Å². The Morgan fingerprint density at radius 1 is 1.11 bits per heavy atom. The molecule has 5 heterocycles. The van der Waals surface area contributed by atoms with Crippen LogP contribution in [0.15, 0.2) is 70.0 Å². The van der Waals surface area contributed by atoms with E-state index in [9.17, 15) is 5.11 Å². The van der Waals surface area contributed by atoms with Crippen LogP contribution in [-0.4, -0.2) is 39.7 Å². The van der Waals surface area contributed by atoms with Crippen molar-refractivity contribution >= 4 is 23.6 Å². The zero-order valence-corrected chi connectivity index (χ0v) is 15.0. The second-order valence-electron chi connectivity index (χ2n) is 7.41. The van der Waals surface area contributed by atoms with Crippen LogP contribution in [0.2, 0.25) is 0 Å². The standard InChI is InChI=1S/C22H22N4O/c27-10-9-22-8-7-20(26-22)13-19-4-3-16(24-19)11-15-1-2-17(23-15)12-18-5-6-21(14-22)25-18/h1-4,7-8,11-14,18,24-25,27H,5-6,9-10H2/b16-11-,17-12-,19-13-,21-14-. The third kappa shape index (κ3) is 3.26. The molecule has 0 aromatic carbocycles. The molecular weight excluding hydrogens is 336 g/mol. The van der Waals surface area contributed by atoms with Gasteiger partial charge in [-0.3, -0.25) is 4.99 Å². The van der Waals surface area contributed by atoms with E-state index in [1.54, 1.807) is 0 Å². The number of aliphatic hydroxyl groups excluding tert-OH is 1. The molecule has 2 unspecified atom stereocenters. The Morgan fingerprint density at radius 2 is 1.96 bits per heavy atom. The smallest absolute Gasteiger partial charge is 0.102 e. The highest BCUT2D eigenvalue weighted by Crippen LogP contribution is 2.30. The summed E-state index contributed by atoms with van der Waals surface area (Å²) in [4.78, 5) is 13.0. The van der Waals surface area contributed by atoms with Gasteiger partial charge in [0.15, 0.2) is 0 Å². The molecule has 4 aliphatic rings. The van der Waals surface area contributed by atoms with Gasteiger partial charge < -0.3 is 15.4 Å². The van der Waals surface area contributed by atoms with E-state index >= 15 is 0 Å². The van der Waals surface area contributed by atoms with Gasteiger partial charge in [0.25, 0.3) is 0 Å². The summed E-state index contributed by atoms with van der Waals surface area (Å²) < 4.78 is 0. The third-order valence-corrected chi connectivity index (χ3v) is 5.30. The highest BCUT2D eigenvalue weighted by molar-refractivity contribution is 6.19. The number of nitrogens with one attached hydrogen (secondary N) is 2. The molecule has 4 aliphatic heterocycles. The highest BCUT2D eigenvalue weighted by Gasteiger charge is 2.29. The van der Waals surface area contributed by atoms with Gasteiger partial charge >= 0.3 is 0 Å². The lowest BCUT2D eigenvalue weighted by Crippen LogP contribution is -2.25. The van der Waals surface area contributed by atoms with Crippen LogP contribution in [0.5, 0.6) is 0 Å². The molecule has 0 aliphatic carbocycles. The van der Waals surface area contributed by atoms with E-state index in [2.05, 4.69) is 40.7 Å². The predicted molar refractivity (Wildman–Crippen MR) is 109 cm³/mol. The van der Waals surface area contributed by atoms with E-state index < -0.39 is 5.54 Å². The fourth-order valence-corrected chi connectivity index (χ4v) is 4.02. The van der Waals surface area contributed by atoms with Gasteiger partial charge in [-0.15, -0.1) is 0 Å². The van der Waals surface area contributed by atoms with E-state index in [-0.39, 0.29) is 12.6 Å². The normalized spacial score (nSPS) is 34.3. The summed E-state index contributed by atoms with van der Waals surface area (Å²) in [5.41, 5.74) is 3.58. The summed E-state index contributed by atoms with van der Waals surface area (Å²) in [7, 11) is 0. The first-order valence-electron chi connectivity index (χ1n) is 9.45. The van der Waals surface area contributed by atoms with Crippen molar-refractivity contribution in [1.29, 1.82) is 0 Å². The molecule has 5 nitrogen and oxygen atoms in total. The van der Waals surface area contributed by atoms with Gasteiger partial charge in [-0.25, -0.2) is 4.99 Å². The van der Waals surface area contributed by atoms with E-state index in [1.807, 2.05) is 30.4 Å². The molecule has 8 bridgehead atoms. The molecule has 0 spiro atoms. The van der Waals surface area contributed by atoms with Gasteiger partial charge in [-0.2, -0.15) is 0 Å². The average molecular weight is 358 g/mol. The summed E-state index contributed by atoms with van der Waals surface area (Å²) in [6.45, 7) is 0.0995. The fourth-order valence-electron chi connectivity index (χ4n) is 4.02. The van der Waals surface area contributed by atoms with Crippen molar-refractivity contribution in [3.8, 4) is 0 Å². The molecule has 5 rings (SSSR count). The van der Waals surface area contributed by atoms with Crippen LogP contribution in [0.25, 0.3) is 12.2 Å². The second-order valence-corrected chi connectivity index (χ2v) is 7.41. The highest BCUT2D eigenvalue weighted by atomic mass is 16.3. The van der Waals surface area contributed by atoms with Crippen LogP contribution in [0.1, 0.15) is 19.3 Å². The van der Waals surface area contributed by atoms with Crippen molar-refractivity contribution in [1.82, 2.24) is 10.3 Å². The average Bonchev–Trinajstić information content (AvgIpc) is 3.40. The summed E-state index contributed by atoms with van der Waals surface area (Å²) in [6.07, 6.45) is 19.3. The number of H-pyrrole nitrogens is 1. The van der Waals surface area contributed by atoms with Gasteiger partial charge in [0.05, 0.1) is 17.1 Å². The number of rotatable bonds is 2. The maximum absolute atomic E-state index is 9.59. The quantitative estimate of drug-likeness (QED) is 0.745. The molecule has 1 fully saturated rings. The Bertz CT molecular complexity index is 1080. The van der Waals surface area contributed by atoms with Crippen molar-refractivity contribution in [2.75, 3.05) is 6.61 Å². The first kappa shape index (κ1) is 16.3. The van der Waals surface area contributed by atoms with Gasteiger partial charge in [0.1, 0.15) is 5.54 Å². The molecule has 0 amide bonds. The number of hydrogen-bond donors (Lipinski definition) is 3. The maximum Gasteiger partial charge on any atom is 0.102 e. The minimum atomic E-state index is -0.470. The van der Waals surface area contributed by atoms with Crippen LogP contribution in [0, 0.1) is 0 Å². The van der Waals surface area contributed by atoms with Crippen LogP contribution in [-0.2, 0) is 0 Å². The molecule has 2 atom stereocenters. The number of nitrogens with zero attached hydrogens (tertiary/aromatic N) is 2. The number of hydrogen-bond acceptors (Lipinski definition) is 4. The molecule has 1 aromatic heterocycles. The van der Waals surface area contributed by atoms with E-state index in [0.717, 1.165) is 40.7 Å². The largest absolute Gasteiger partial charge is 0.396 e. The minimum Gasteiger partial charge on any atom is -0.396 e. The van der Waals surface area contributed by atoms with Gasteiger partial charge in [-0.05, 0) is 67.5 Å². The summed E-state index contributed by atoms with van der Waals surface area (Å²) >= 11 is 0. The molecule has 3 N–H and O–H groups in total. The van der Waals surface area contributed by atoms with Crippen molar-refractivity contribution in [3.05, 3.63) is 70.7 Å². The summed E-state index contributed by atoms with van der Waals surface area (Å²) in [5.74, 6) is 0. The van der Waals surface area contributed by atoms with Crippen molar-refractivity contribution in [3.63, 3.8) is 0 Å². The monoisotopic (exact) mass is 358 g/mol. The first-order valence-corrected chi connectivity index (χ1v) is 9.45. The molecule has 136 valence electrons. The van der Waals surface area contributed by atoms with Crippen molar-refractivity contribution in [2.24, 2.45) is 9.98 Å². The first-order chi connectivity index (χ1) is 13.2. The zero-order chi connectivity index (χ0) is 18.3. The van der Waals surface area contributed by atoms with Crippen LogP contribution in [0.3, 0.4) is 0 Å². The van der Waals surface area contributed by atoms with Gasteiger partial charge in [-0.1, -0.05) is 6.08 Å². The van der Waals surface area contributed by atoms with E-state index in [4.69, 9.17) is 9.98 Å². The number of fused-ring (bicyclic) bond motifs is 6. The fraction of sp³-hybridized carbons (Fsp3) is 0.273. The Hall–Kier alpha value is -2.92. The lowest BCUT2D eigenvalue weighted by Gasteiger charge is -2.20. The molecule has 0 saturated carbocycles. The van der Waals surface area contributed by atoms with Gasteiger partial charge in [0.2, 0.25) is 0 Å². The predicted octanol–water partition coefficient (Wildman–Crippen LogP) is 1.25. The number of aromatic nitrogens is 1. The molecule has 1 aromatic rings. The van der Waals surface area contributed by atoms with Crippen LogP contribution < -0.4 is 16.0 Å². The lowest BCUT2D eigenvalue weighted by molar-refractivity contribution is 0.271. The number of allylic oxidation sites excluding steroid dienone is 4. The molecule has 27 heavy (non-hydrogen) atoms. The van der Waals surface area contributed by atoms with Gasteiger partial charge in [0, 0.05) is 35.5 Å². The summed E-state index contributed by atoms with van der Waals surface area (Å²) in [6, 6.07) is 4.37. The Morgan fingerprint density at radius 3 is 2.81 bits per heavy atom. The number of aromatic amines is 1.